The molecule has 2 rings (SSSR count). The molecule has 0 amide bonds. The van der Waals surface area contributed by atoms with Crippen LogP contribution in [0.2, 0.25) is 0 Å². The summed E-state index contributed by atoms with van der Waals surface area (Å²) in [5, 5.41) is 6.50. The number of rotatable bonds is 6. The third-order valence-corrected chi connectivity index (χ3v) is 4.52. The summed E-state index contributed by atoms with van der Waals surface area (Å²) in [6.45, 7) is 7.47. The normalized spacial score (nSPS) is 11.1. The molecule has 1 heterocycles. The first-order valence-corrected chi connectivity index (χ1v) is 8.22. The van der Waals surface area contributed by atoms with Crippen LogP contribution in [0.4, 0.5) is 0 Å². The van der Waals surface area contributed by atoms with E-state index in [1.807, 2.05) is 7.05 Å². The number of likely N-dealkylation sites (N-methyl/N-ethyl adjacent to an activating group) is 1. The van der Waals surface area contributed by atoms with Crippen LogP contribution >= 0.6 is 11.3 Å². The van der Waals surface area contributed by atoms with E-state index in [2.05, 4.69) is 43.6 Å². The van der Waals surface area contributed by atoms with Crippen molar-refractivity contribution in [2.45, 2.75) is 33.1 Å². The molecule has 0 bridgehead atoms. The van der Waals surface area contributed by atoms with Crippen LogP contribution in [0.25, 0.3) is 11.3 Å². The highest BCUT2D eigenvalue weighted by atomic mass is 32.1. The maximum atomic E-state index is 5.51. The maximum Gasteiger partial charge on any atom is 0.122 e. The number of aromatic nitrogens is 1. The first-order valence-electron chi connectivity index (χ1n) is 7.34. The average Bonchev–Trinajstić information content (AvgIpc) is 2.92. The van der Waals surface area contributed by atoms with E-state index in [1.165, 1.54) is 21.7 Å². The van der Waals surface area contributed by atoms with Crippen molar-refractivity contribution in [3.05, 3.63) is 33.6 Å². The van der Waals surface area contributed by atoms with Gasteiger partial charge >= 0.3 is 0 Å². The van der Waals surface area contributed by atoms with E-state index in [1.54, 1.807) is 18.4 Å². The van der Waals surface area contributed by atoms with Gasteiger partial charge in [0.05, 0.1) is 17.8 Å². The van der Waals surface area contributed by atoms with E-state index in [-0.39, 0.29) is 0 Å². The second kappa shape index (κ2) is 7.05. The largest absolute Gasteiger partial charge is 0.496 e. The lowest BCUT2D eigenvalue weighted by Crippen LogP contribution is -2.09. The van der Waals surface area contributed by atoms with Gasteiger partial charge in [-0.1, -0.05) is 13.8 Å². The molecule has 3 nitrogen and oxygen atoms in total. The van der Waals surface area contributed by atoms with Crippen LogP contribution in [-0.4, -0.2) is 25.7 Å². The van der Waals surface area contributed by atoms with Crippen LogP contribution < -0.4 is 10.1 Å². The number of hydrogen-bond donors (Lipinski definition) is 1. The molecule has 4 heteroatoms. The minimum atomic E-state index is 0.432. The molecule has 1 aromatic heterocycles. The summed E-state index contributed by atoms with van der Waals surface area (Å²) in [5.41, 5.74) is 4.74. The molecule has 1 aromatic carbocycles. The zero-order chi connectivity index (χ0) is 15.4. The predicted molar refractivity (Wildman–Crippen MR) is 90.6 cm³/mol. The van der Waals surface area contributed by atoms with Crippen molar-refractivity contribution < 1.29 is 4.74 Å². The van der Waals surface area contributed by atoms with Crippen LogP contribution in [0.5, 0.6) is 5.75 Å². The van der Waals surface area contributed by atoms with Gasteiger partial charge in [-0.3, -0.25) is 0 Å². The van der Waals surface area contributed by atoms with E-state index in [4.69, 9.17) is 9.72 Å². The fourth-order valence-corrected chi connectivity index (χ4v) is 3.18. The molecular formula is C17H24N2OS. The topological polar surface area (TPSA) is 34.2 Å². The highest BCUT2D eigenvalue weighted by Gasteiger charge is 2.14. The fraction of sp³-hybridized carbons (Fsp3) is 0.471. The molecule has 0 spiro atoms. The summed E-state index contributed by atoms with van der Waals surface area (Å²) >= 11 is 1.73. The quantitative estimate of drug-likeness (QED) is 0.875. The van der Waals surface area contributed by atoms with Crippen LogP contribution in [0, 0.1) is 6.92 Å². The van der Waals surface area contributed by atoms with E-state index in [0.717, 1.165) is 24.4 Å². The van der Waals surface area contributed by atoms with Crippen LogP contribution in [-0.2, 0) is 6.42 Å². The Kier molecular flexibility index (Phi) is 5.37. The predicted octanol–water partition coefficient (Wildman–Crippen LogP) is 4.01. The smallest absolute Gasteiger partial charge is 0.122 e. The summed E-state index contributed by atoms with van der Waals surface area (Å²) in [7, 11) is 3.70. The van der Waals surface area contributed by atoms with Gasteiger partial charge in [0.25, 0.3) is 0 Å². The highest BCUT2D eigenvalue weighted by Crippen LogP contribution is 2.34. The van der Waals surface area contributed by atoms with Gasteiger partial charge in [-0.25, -0.2) is 4.98 Å². The number of nitrogens with zero attached hydrogens (tertiary/aromatic N) is 1. The highest BCUT2D eigenvalue weighted by molar-refractivity contribution is 7.09. The standard InChI is InChI=1S/C17H24N2OS/c1-11(2)13-9-14(12(3)8-16(13)20-5)15-10-21-17(19-15)6-7-18-4/h8-11,18H,6-7H2,1-5H3. The maximum absolute atomic E-state index is 5.51. The van der Waals surface area contributed by atoms with Crippen molar-refractivity contribution in [1.82, 2.24) is 10.3 Å². The van der Waals surface area contributed by atoms with Gasteiger partial charge in [-0.15, -0.1) is 11.3 Å². The molecule has 0 unspecified atom stereocenters. The Morgan fingerprint density at radius 1 is 1.33 bits per heavy atom. The second-order valence-electron chi connectivity index (χ2n) is 5.54. The Morgan fingerprint density at radius 2 is 2.10 bits per heavy atom. The lowest BCUT2D eigenvalue weighted by molar-refractivity contribution is 0.407. The van der Waals surface area contributed by atoms with Gasteiger partial charge in [-0.05, 0) is 43.1 Å². The van der Waals surface area contributed by atoms with Crippen molar-refractivity contribution in [2.75, 3.05) is 20.7 Å². The monoisotopic (exact) mass is 304 g/mol. The molecular weight excluding hydrogens is 280 g/mol. The summed E-state index contributed by atoms with van der Waals surface area (Å²) in [5.74, 6) is 1.40. The second-order valence-corrected chi connectivity index (χ2v) is 6.49. The first kappa shape index (κ1) is 16.0. The van der Waals surface area contributed by atoms with Crippen LogP contribution in [0.15, 0.2) is 17.5 Å². The Bertz CT molecular complexity index is 605. The lowest BCUT2D eigenvalue weighted by atomic mass is 9.95. The van der Waals surface area contributed by atoms with Gasteiger partial charge in [0.15, 0.2) is 0 Å². The molecule has 0 saturated carbocycles. The minimum Gasteiger partial charge on any atom is -0.496 e. The molecule has 0 aliphatic carbocycles. The van der Waals surface area contributed by atoms with E-state index >= 15 is 0 Å². The molecule has 2 aromatic rings. The lowest BCUT2D eigenvalue weighted by Gasteiger charge is -2.15. The molecule has 0 aliphatic rings. The molecule has 0 radical (unpaired) electrons. The van der Waals surface area contributed by atoms with Gasteiger partial charge in [0.1, 0.15) is 5.75 Å². The molecule has 0 atom stereocenters. The Balaban J connectivity index is 2.39. The van der Waals surface area contributed by atoms with Crippen molar-refractivity contribution >= 4 is 11.3 Å². The van der Waals surface area contributed by atoms with E-state index < -0.39 is 0 Å². The third kappa shape index (κ3) is 3.63. The van der Waals surface area contributed by atoms with Gasteiger partial charge in [0.2, 0.25) is 0 Å². The molecule has 114 valence electrons. The molecule has 0 fully saturated rings. The van der Waals surface area contributed by atoms with Gasteiger partial charge in [-0.2, -0.15) is 0 Å². The zero-order valence-electron chi connectivity index (χ0n) is 13.5. The van der Waals surface area contributed by atoms with Crippen LogP contribution in [0.1, 0.15) is 35.9 Å². The van der Waals surface area contributed by atoms with Gasteiger partial charge in [0, 0.05) is 23.9 Å². The van der Waals surface area contributed by atoms with Crippen LogP contribution in [0.3, 0.4) is 0 Å². The number of hydrogen-bond acceptors (Lipinski definition) is 4. The third-order valence-electron chi connectivity index (χ3n) is 3.62. The summed E-state index contributed by atoms with van der Waals surface area (Å²) in [4.78, 5) is 4.77. The Morgan fingerprint density at radius 3 is 2.71 bits per heavy atom. The number of aryl methyl sites for hydroxylation is 1. The van der Waals surface area contributed by atoms with Gasteiger partial charge < -0.3 is 10.1 Å². The van der Waals surface area contributed by atoms with Crippen molar-refractivity contribution in [2.24, 2.45) is 0 Å². The summed E-state index contributed by atoms with van der Waals surface area (Å²) in [6, 6.07) is 4.35. The van der Waals surface area contributed by atoms with Crippen molar-refractivity contribution in [1.29, 1.82) is 0 Å². The molecule has 1 N–H and O–H groups in total. The molecule has 0 aliphatic heterocycles. The average molecular weight is 304 g/mol. The number of ether oxygens (including phenoxy) is 1. The number of methoxy groups -OCH3 is 1. The number of benzene rings is 1. The molecule has 21 heavy (non-hydrogen) atoms. The van der Waals surface area contributed by atoms with E-state index in [9.17, 15) is 0 Å². The summed E-state index contributed by atoms with van der Waals surface area (Å²) < 4.78 is 5.51. The summed E-state index contributed by atoms with van der Waals surface area (Å²) in [6.07, 6.45) is 0.980. The zero-order valence-corrected chi connectivity index (χ0v) is 14.3. The van der Waals surface area contributed by atoms with E-state index in [0.29, 0.717) is 5.92 Å². The SMILES string of the molecule is CNCCc1nc(-c2cc(C(C)C)c(OC)cc2C)cs1. The Hall–Kier alpha value is -1.39. The first-order chi connectivity index (χ1) is 10.1. The van der Waals surface area contributed by atoms with Crippen molar-refractivity contribution in [3.8, 4) is 17.0 Å². The fourth-order valence-electron chi connectivity index (χ4n) is 2.38. The minimum absolute atomic E-state index is 0.432. The van der Waals surface area contributed by atoms with Crippen molar-refractivity contribution in [3.63, 3.8) is 0 Å². The number of thiazole rings is 1. The number of nitrogens with one attached hydrogen (secondary N) is 1. The molecule has 0 saturated heterocycles. The Labute approximate surface area is 131 Å².